The topological polar surface area (TPSA) is 50.6 Å². The van der Waals surface area contributed by atoms with Gasteiger partial charge in [0.15, 0.2) is 0 Å². The second-order valence-electron chi connectivity index (χ2n) is 6.52. The molecule has 26 heavy (non-hydrogen) atoms. The normalized spacial score (nSPS) is 23.3. The minimum absolute atomic E-state index is 0.109. The number of ether oxygens (including phenoxy) is 1. The van der Waals surface area contributed by atoms with Crippen molar-refractivity contribution in [1.82, 2.24) is 14.7 Å². The summed E-state index contributed by atoms with van der Waals surface area (Å²) in [6.07, 6.45) is 1.71. The van der Waals surface area contributed by atoms with Crippen molar-refractivity contribution in [3.05, 3.63) is 49.8 Å². The first kappa shape index (κ1) is 18.1. The van der Waals surface area contributed by atoms with Crippen LogP contribution in [-0.2, 0) is 4.74 Å². The molecule has 0 spiro atoms. The van der Waals surface area contributed by atoms with Crippen LogP contribution in [-0.4, -0.2) is 60.1 Å². The van der Waals surface area contributed by atoms with Gasteiger partial charge in [0.05, 0.1) is 41.3 Å². The fraction of sp³-hybridized carbons (Fsp3) is 0.412. The maximum absolute atomic E-state index is 12.8. The van der Waals surface area contributed by atoms with E-state index in [0.717, 1.165) is 13.1 Å². The largest absolute Gasteiger partial charge is 0.373 e. The molecule has 6 nitrogen and oxygen atoms in total. The Morgan fingerprint density at radius 1 is 1.19 bits per heavy atom. The van der Waals surface area contributed by atoms with Gasteiger partial charge >= 0.3 is 0 Å². The van der Waals surface area contributed by atoms with Gasteiger partial charge < -0.3 is 9.64 Å². The van der Waals surface area contributed by atoms with E-state index in [1.54, 1.807) is 24.4 Å². The highest BCUT2D eigenvalue weighted by atomic mass is 35.5. The fourth-order valence-electron chi connectivity index (χ4n) is 3.52. The molecule has 0 radical (unpaired) electrons. The number of likely N-dealkylation sites (N-methyl/N-ethyl adjacent to an activating group) is 1. The van der Waals surface area contributed by atoms with E-state index in [1.807, 2.05) is 0 Å². The van der Waals surface area contributed by atoms with Gasteiger partial charge in [0.2, 0.25) is 0 Å². The van der Waals surface area contributed by atoms with Crippen LogP contribution in [0.5, 0.6) is 0 Å². The Kier molecular flexibility index (Phi) is 4.88. The van der Waals surface area contributed by atoms with Crippen LogP contribution in [0, 0.1) is 0 Å². The van der Waals surface area contributed by atoms with Crippen molar-refractivity contribution in [3.63, 3.8) is 0 Å². The van der Waals surface area contributed by atoms with Crippen LogP contribution < -0.4 is 10.5 Å². The lowest BCUT2D eigenvalue weighted by atomic mass is 10.1. The first-order chi connectivity index (χ1) is 12.5. The van der Waals surface area contributed by atoms with Crippen LogP contribution in [0.3, 0.4) is 0 Å². The summed E-state index contributed by atoms with van der Waals surface area (Å²) in [4.78, 5) is 17.1. The summed E-state index contributed by atoms with van der Waals surface area (Å²) in [6.45, 7) is 3.04. The van der Waals surface area contributed by atoms with Gasteiger partial charge in [-0.2, -0.15) is 9.78 Å². The van der Waals surface area contributed by atoms with E-state index < -0.39 is 5.56 Å². The van der Waals surface area contributed by atoms with Crippen LogP contribution in [0.4, 0.5) is 5.69 Å². The molecule has 2 aromatic rings. The summed E-state index contributed by atoms with van der Waals surface area (Å²) in [5.41, 5.74) is 0.634. The number of morpholine rings is 1. The molecule has 2 aliphatic heterocycles. The maximum Gasteiger partial charge on any atom is 0.292 e. The Hall–Kier alpha value is -1.31. The molecule has 0 amide bonds. The van der Waals surface area contributed by atoms with E-state index in [0.29, 0.717) is 34.6 Å². The van der Waals surface area contributed by atoms with E-state index in [1.165, 1.54) is 4.68 Å². The minimum atomic E-state index is -0.419. The lowest BCUT2D eigenvalue weighted by molar-refractivity contribution is -0.0362. The number of nitrogens with zero attached hydrogens (tertiary/aromatic N) is 4. The number of rotatable bonds is 2. The summed E-state index contributed by atoms with van der Waals surface area (Å²) in [6, 6.07) is 5.14. The number of hydrogen-bond donors (Lipinski definition) is 0. The second kappa shape index (κ2) is 7.02. The zero-order valence-corrected chi connectivity index (χ0v) is 16.3. The third-order valence-corrected chi connectivity index (χ3v) is 5.85. The average molecular weight is 416 g/mol. The molecule has 2 atom stereocenters. The van der Waals surface area contributed by atoms with Gasteiger partial charge in [0.1, 0.15) is 5.02 Å². The van der Waals surface area contributed by atoms with Gasteiger partial charge in [-0.1, -0.05) is 34.8 Å². The Morgan fingerprint density at radius 3 is 2.73 bits per heavy atom. The highest BCUT2D eigenvalue weighted by Crippen LogP contribution is 2.30. The van der Waals surface area contributed by atoms with Gasteiger partial charge in [-0.15, -0.1) is 0 Å². The molecule has 2 fully saturated rings. The SMILES string of the molecule is CN1CCOC2CN(c3cnn(-c4ccc(Cl)cc4Cl)c(=O)c3Cl)CC21. The lowest BCUT2D eigenvalue weighted by Crippen LogP contribution is -2.48. The van der Waals surface area contributed by atoms with Crippen molar-refractivity contribution in [2.75, 3.05) is 38.2 Å². The summed E-state index contributed by atoms with van der Waals surface area (Å²) in [5, 5.41) is 5.21. The van der Waals surface area contributed by atoms with E-state index in [2.05, 4.69) is 21.9 Å². The van der Waals surface area contributed by atoms with Crippen molar-refractivity contribution in [3.8, 4) is 5.69 Å². The van der Waals surface area contributed by atoms with Gasteiger partial charge in [-0.3, -0.25) is 9.69 Å². The molecule has 4 rings (SSSR count). The molecule has 2 saturated heterocycles. The molecule has 1 aromatic heterocycles. The van der Waals surface area contributed by atoms with Gasteiger partial charge in [-0.25, -0.2) is 0 Å². The van der Waals surface area contributed by atoms with Crippen molar-refractivity contribution in [2.24, 2.45) is 0 Å². The summed E-state index contributed by atoms with van der Waals surface area (Å²) in [7, 11) is 2.09. The third-order valence-electron chi connectivity index (χ3n) is 4.96. The predicted molar refractivity (Wildman–Crippen MR) is 103 cm³/mol. The molecule has 1 aromatic carbocycles. The van der Waals surface area contributed by atoms with Gasteiger partial charge in [0.25, 0.3) is 5.56 Å². The Bertz CT molecular complexity index is 904. The second-order valence-corrected chi connectivity index (χ2v) is 7.74. The van der Waals surface area contributed by atoms with Crippen LogP contribution in [0.1, 0.15) is 0 Å². The Morgan fingerprint density at radius 2 is 2.00 bits per heavy atom. The molecule has 0 N–H and O–H groups in total. The highest BCUT2D eigenvalue weighted by Gasteiger charge is 2.39. The lowest BCUT2D eigenvalue weighted by Gasteiger charge is -2.33. The molecule has 9 heteroatoms. The van der Waals surface area contributed by atoms with Crippen molar-refractivity contribution in [2.45, 2.75) is 12.1 Å². The maximum atomic E-state index is 12.8. The first-order valence-electron chi connectivity index (χ1n) is 8.26. The monoisotopic (exact) mass is 414 g/mol. The molecular formula is C17H17Cl3N4O2. The highest BCUT2D eigenvalue weighted by molar-refractivity contribution is 6.36. The Balaban J connectivity index is 1.68. The summed E-state index contributed by atoms with van der Waals surface area (Å²) < 4.78 is 7.04. The Labute approximate surface area is 165 Å². The van der Waals surface area contributed by atoms with Crippen LogP contribution in [0.25, 0.3) is 5.69 Å². The van der Waals surface area contributed by atoms with E-state index in [-0.39, 0.29) is 17.2 Å². The quantitative estimate of drug-likeness (QED) is 0.755. The van der Waals surface area contributed by atoms with Gasteiger partial charge in [0, 0.05) is 24.7 Å². The zero-order valence-electron chi connectivity index (χ0n) is 14.0. The number of halogens is 3. The number of anilines is 1. The van der Waals surface area contributed by atoms with Crippen molar-refractivity contribution in [1.29, 1.82) is 0 Å². The van der Waals surface area contributed by atoms with E-state index >= 15 is 0 Å². The van der Waals surface area contributed by atoms with E-state index in [4.69, 9.17) is 39.5 Å². The van der Waals surface area contributed by atoms with Crippen molar-refractivity contribution < 1.29 is 4.74 Å². The molecule has 2 unspecified atom stereocenters. The molecule has 138 valence electrons. The molecule has 0 aliphatic carbocycles. The van der Waals surface area contributed by atoms with E-state index in [9.17, 15) is 4.79 Å². The van der Waals surface area contributed by atoms with Crippen LogP contribution >= 0.6 is 34.8 Å². The zero-order chi connectivity index (χ0) is 18.4. The number of aromatic nitrogens is 2. The fourth-order valence-corrected chi connectivity index (χ4v) is 4.26. The molecule has 3 heterocycles. The van der Waals surface area contributed by atoms with Crippen molar-refractivity contribution >= 4 is 40.5 Å². The first-order valence-corrected chi connectivity index (χ1v) is 9.39. The van der Waals surface area contributed by atoms with Gasteiger partial charge in [-0.05, 0) is 25.2 Å². The molecule has 0 bridgehead atoms. The van der Waals surface area contributed by atoms with Crippen LogP contribution in [0.2, 0.25) is 15.1 Å². The summed E-state index contributed by atoms with van der Waals surface area (Å²) in [5.74, 6) is 0. The minimum Gasteiger partial charge on any atom is -0.373 e. The number of fused-ring (bicyclic) bond motifs is 1. The predicted octanol–water partition coefficient (Wildman–Crippen LogP) is 2.71. The third kappa shape index (κ3) is 3.10. The molecule has 2 aliphatic rings. The molecular weight excluding hydrogens is 399 g/mol. The number of hydrogen-bond acceptors (Lipinski definition) is 5. The molecule has 0 saturated carbocycles. The van der Waals surface area contributed by atoms with Crippen LogP contribution in [0.15, 0.2) is 29.2 Å². The number of benzene rings is 1. The average Bonchev–Trinajstić information content (AvgIpc) is 3.03. The standard InChI is InChI=1S/C17H17Cl3N4O2/c1-22-4-5-26-15-9-23(8-14(15)22)13-7-21-24(17(25)16(13)20)12-3-2-10(18)6-11(12)19/h2-3,6-7,14-15H,4-5,8-9H2,1H3. The summed E-state index contributed by atoms with van der Waals surface area (Å²) >= 11 is 18.5. The smallest absolute Gasteiger partial charge is 0.292 e.